The predicted octanol–water partition coefficient (Wildman–Crippen LogP) is 6.27. The first-order chi connectivity index (χ1) is 23.3. The quantitative estimate of drug-likeness (QED) is 0.141. The van der Waals surface area contributed by atoms with Crippen molar-refractivity contribution in [2.45, 2.75) is 28.1 Å². The van der Waals surface area contributed by atoms with E-state index in [1.165, 1.54) is 27.6 Å². The second kappa shape index (κ2) is 13.8. The Labute approximate surface area is 294 Å². The number of carbonyl (C=O) groups is 3. The first kappa shape index (κ1) is 32.5. The number of esters is 1. The number of carbonyl (C=O) groups excluding carboxylic acids is 3. The van der Waals surface area contributed by atoms with Crippen molar-refractivity contribution in [2.75, 3.05) is 5.75 Å². The van der Waals surface area contributed by atoms with Crippen LogP contribution in [0.15, 0.2) is 122 Å². The van der Waals surface area contributed by atoms with E-state index in [4.69, 9.17) is 16.3 Å². The second-order valence-electron chi connectivity index (χ2n) is 11.0. The van der Waals surface area contributed by atoms with Gasteiger partial charge in [0.2, 0.25) is 11.3 Å². The van der Waals surface area contributed by atoms with Gasteiger partial charge in [0.05, 0.1) is 36.6 Å². The van der Waals surface area contributed by atoms with Gasteiger partial charge in [-0.2, -0.15) is 0 Å². The fraction of sp³-hybridized carbons (Fsp3) is 0.143. The molecule has 2 amide bonds. The molecule has 0 spiro atoms. The van der Waals surface area contributed by atoms with Crippen LogP contribution in [0.1, 0.15) is 22.8 Å². The Morgan fingerprint density at radius 1 is 0.958 bits per heavy atom. The van der Waals surface area contributed by atoms with E-state index >= 15 is 0 Å². The molecule has 3 atom stereocenters. The summed E-state index contributed by atoms with van der Waals surface area (Å²) in [6.45, 7) is 0. The smallest absolute Gasteiger partial charge is 0.356 e. The molecule has 7 rings (SSSR count). The maximum atomic E-state index is 14.3. The van der Waals surface area contributed by atoms with Gasteiger partial charge in [-0.05, 0) is 28.1 Å². The van der Waals surface area contributed by atoms with E-state index in [1.807, 2.05) is 84.9 Å². The minimum absolute atomic E-state index is 0.0134. The highest BCUT2D eigenvalue weighted by Gasteiger charge is 2.57. The van der Waals surface area contributed by atoms with Gasteiger partial charge in [0.15, 0.2) is 6.10 Å². The van der Waals surface area contributed by atoms with E-state index in [-0.39, 0.29) is 33.2 Å². The number of halogens is 1. The molecule has 0 radical (unpaired) electrons. The molecule has 0 aliphatic carbocycles. The van der Waals surface area contributed by atoms with Gasteiger partial charge in [-0.3, -0.25) is 23.5 Å². The zero-order chi connectivity index (χ0) is 33.4. The van der Waals surface area contributed by atoms with Crippen LogP contribution in [-0.4, -0.2) is 44.1 Å². The van der Waals surface area contributed by atoms with Gasteiger partial charge in [0.25, 0.3) is 5.91 Å². The monoisotopic (exact) mass is 732 g/mol. The average molecular weight is 733 g/mol. The van der Waals surface area contributed by atoms with Gasteiger partial charge in [-0.1, -0.05) is 114 Å². The van der Waals surface area contributed by atoms with Gasteiger partial charge >= 0.3 is 5.97 Å². The number of thioether (sulfide) groups is 1. The van der Waals surface area contributed by atoms with E-state index in [9.17, 15) is 23.4 Å². The topological polar surface area (TPSA) is 110 Å². The Hall–Kier alpha value is -4.07. The Morgan fingerprint density at radius 2 is 1.58 bits per heavy atom. The summed E-state index contributed by atoms with van der Waals surface area (Å²) < 4.78 is 21.6. The maximum Gasteiger partial charge on any atom is 0.356 e. The van der Waals surface area contributed by atoms with E-state index in [0.29, 0.717) is 20.0 Å². The van der Waals surface area contributed by atoms with Crippen molar-refractivity contribution in [2.24, 2.45) is 0 Å². The summed E-state index contributed by atoms with van der Waals surface area (Å²) in [5, 5.41) is 3.53. The molecule has 5 aromatic rings. The zero-order valence-corrected chi connectivity index (χ0v) is 28.9. The number of rotatable bonds is 9. The molecule has 0 bridgehead atoms. The van der Waals surface area contributed by atoms with Crippen LogP contribution in [0.5, 0.6) is 0 Å². The number of fused-ring (bicyclic) bond motifs is 2. The molecule has 48 heavy (non-hydrogen) atoms. The van der Waals surface area contributed by atoms with Gasteiger partial charge in [0, 0.05) is 4.91 Å². The van der Waals surface area contributed by atoms with E-state index in [2.05, 4.69) is 5.32 Å². The molecular weight excluding hydrogens is 708 g/mol. The first-order valence-electron chi connectivity index (χ1n) is 14.8. The minimum Gasteiger partial charge on any atom is -0.448 e. The van der Waals surface area contributed by atoms with Crippen molar-refractivity contribution in [3.05, 3.63) is 145 Å². The Kier molecular flexibility index (Phi) is 9.34. The number of nitrogens with zero attached hydrogens (tertiary/aromatic N) is 1. The SMILES string of the molecule is O=C(Cc1ccccc1)NC1C(=O)N2C(C(=O)OC(c3ccccc3)c3ccccc3)=C(Sc3sc4ccsc4c(=O)c3Cl)CS(=O)[C@@H]12. The third-order valence-electron chi connectivity index (χ3n) is 7.87. The minimum atomic E-state index is -1.71. The molecule has 242 valence electrons. The van der Waals surface area contributed by atoms with E-state index in [0.717, 1.165) is 22.0 Å². The van der Waals surface area contributed by atoms with Crippen LogP contribution < -0.4 is 10.7 Å². The van der Waals surface area contributed by atoms with Crippen LogP contribution in [-0.2, 0) is 36.3 Å². The number of nitrogens with one attached hydrogen (secondary N) is 1. The van der Waals surface area contributed by atoms with Crippen LogP contribution in [0.4, 0.5) is 0 Å². The summed E-state index contributed by atoms with van der Waals surface area (Å²) in [5.41, 5.74) is 1.77. The lowest BCUT2D eigenvalue weighted by Gasteiger charge is -2.49. The van der Waals surface area contributed by atoms with Gasteiger partial charge < -0.3 is 10.1 Å². The van der Waals surface area contributed by atoms with Crippen LogP contribution in [0, 0.1) is 0 Å². The highest BCUT2D eigenvalue weighted by molar-refractivity contribution is 8.06. The second-order valence-corrected chi connectivity index (χ2v) is 16.2. The van der Waals surface area contributed by atoms with Crippen molar-refractivity contribution in [3.63, 3.8) is 0 Å². The third kappa shape index (κ3) is 6.26. The highest BCUT2D eigenvalue weighted by Crippen LogP contribution is 2.45. The lowest BCUT2D eigenvalue weighted by atomic mass is 10.0. The molecule has 1 saturated heterocycles. The summed E-state index contributed by atoms with van der Waals surface area (Å²) in [7, 11) is -1.71. The number of benzene rings is 3. The molecule has 8 nitrogen and oxygen atoms in total. The van der Waals surface area contributed by atoms with E-state index in [1.54, 1.807) is 17.5 Å². The zero-order valence-electron chi connectivity index (χ0n) is 24.9. The number of hydrogen-bond acceptors (Lipinski definition) is 9. The lowest BCUT2D eigenvalue weighted by molar-refractivity contribution is -0.154. The van der Waals surface area contributed by atoms with Crippen molar-refractivity contribution in [3.8, 4) is 0 Å². The molecule has 2 aromatic heterocycles. The average Bonchev–Trinajstić information content (AvgIpc) is 3.58. The summed E-state index contributed by atoms with van der Waals surface area (Å²) >= 11 is 10.2. The molecular formula is C35H25ClN2O6S4. The Bertz CT molecular complexity index is 2110. The largest absolute Gasteiger partial charge is 0.448 e. The number of thiophene rings is 1. The molecule has 1 N–H and O–H groups in total. The van der Waals surface area contributed by atoms with Crippen molar-refractivity contribution < 1.29 is 23.3 Å². The fourth-order valence-corrected chi connectivity index (χ4v) is 11.3. The van der Waals surface area contributed by atoms with Gasteiger partial charge in [-0.15, -0.1) is 22.7 Å². The third-order valence-corrected chi connectivity index (χ3v) is 13.7. The molecule has 0 saturated carbocycles. The lowest BCUT2D eigenvalue weighted by Crippen LogP contribution is -2.73. The molecule has 3 aromatic carbocycles. The summed E-state index contributed by atoms with van der Waals surface area (Å²) in [6, 6.07) is 28.2. The molecule has 1 fully saturated rings. The van der Waals surface area contributed by atoms with Crippen molar-refractivity contribution in [1.29, 1.82) is 0 Å². The number of β-lactam (4-membered cyclic amide) rings is 1. The standard InChI is InChI=1S/C35H25ClN2O6S4/c36-26-29(40)31-23(16-17-45-31)46-35(26)47-24-19-48(43)33-27(37-25(39)18-20-10-4-1-5-11-20)32(41)38(33)28(24)34(42)44-30(21-12-6-2-7-13-21)22-14-8-3-9-15-22/h1-17,27,30,33H,18-19H2,(H,37,39)/t27?,33-,48?/m0/s1. The van der Waals surface area contributed by atoms with Gasteiger partial charge in [-0.25, -0.2) is 4.79 Å². The van der Waals surface area contributed by atoms with Crippen molar-refractivity contribution >= 4 is 84.0 Å². The highest BCUT2D eigenvalue weighted by atomic mass is 35.5. The Balaban J connectivity index is 1.26. The number of ether oxygens (including phenoxy) is 1. The van der Waals surface area contributed by atoms with Crippen LogP contribution in [0.2, 0.25) is 5.02 Å². The summed E-state index contributed by atoms with van der Waals surface area (Å²) in [4.78, 5) is 55.6. The Morgan fingerprint density at radius 3 is 2.23 bits per heavy atom. The number of hydrogen-bond donors (Lipinski definition) is 1. The molecule has 13 heteroatoms. The summed E-state index contributed by atoms with van der Waals surface area (Å²) in [6.07, 6.45) is -0.780. The molecule has 2 aliphatic rings. The van der Waals surface area contributed by atoms with Crippen molar-refractivity contribution in [1.82, 2.24) is 10.2 Å². The number of amides is 2. The molecule has 2 unspecified atom stereocenters. The van der Waals surface area contributed by atoms with Crippen LogP contribution >= 0.6 is 46.0 Å². The first-order valence-corrected chi connectivity index (χ1v) is 19.0. The van der Waals surface area contributed by atoms with Gasteiger partial charge in [0.1, 0.15) is 22.1 Å². The molecule has 4 heterocycles. The fourth-order valence-electron chi connectivity index (χ4n) is 5.62. The summed E-state index contributed by atoms with van der Waals surface area (Å²) in [5.74, 6) is -1.91. The normalized spacial score (nSPS) is 18.8. The van der Waals surface area contributed by atoms with E-state index < -0.39 is 46.1 Å². The van der Waals surface area contributed by atoms with Crippen LogP contribution in [0.25, 0.3) is 9.40 Å². The predicted molar refractivity (Wildman–Crippen MR) is 190 cm³/mol. The van der Waals surface area contributed by atoms with Crippen LogP contribution in [0.3, 0.4) is 0 Å². The maximum absolute atomic E-state index is 14.3. The molecule has 2 aliphatic heterocycles.